The van der Waals surface area contributed by atoms with Crippen LogP contribution in [0, 0.1) is 13.8 Å². The van der Waals surface area contributed by atoms with E-state index in [0.717, 1.165) is 41.9 Å². The van der Waals surface area contributed by atoms with Gasteiger partial charge in [-0.2, -0.15) is 9.29 Å². The van der Waals surface area contributed by atoms with E-state index >= 15 is 0 Å². The first kappa shape index (κ1) is 22.3. The Labute approximate surface area is 197 Å². The van der Waals surface area contributed by atoms with Gasteiger partial charge in [0, 0.05) is 36.7 Å². The first-order chi connectivity index (χ1) is 15.8. The van der Waals surface area contributed by atoms with Gasteiger partial charge in [-0.1, -0.05) is 18.2 Å². The molecule has 0 saturated carbocycles. The molecular formula is C22H26N6O3S2. The molecule has 1 saturated heterocycles. The largest absolute Gasteiger partial charge is 0.311 e. The van der Waals surface area contributed by atoms with Crippen molar-refractivity contribution in [1.29, 1.82) is 0 Å². The van der Waals surface area contributed by atoms with Gasteiger partial charge in [0.15, 0.2) is 0 Å². The fourth-order valence-electron chi connectivity index (χ4n) is 4.47. The van der Waals surface area contributed by atoms with Crippen molar-refractivity contribution in [1.82, 2.24) is 23.9 Å². The van der Waals surface area contributed by atoms with Gasteiger partial charge in [0.05, 0.1) is 10.6 Å². The average molecular weight is 487 g/mol. The second-order valence-corrected chi connectivity index (χ2v) is 11.4. The summed E-state index contributed by atoms with van der Waals surface area (Å²) in [4.78, 5) is 23.8. The molecule has 1 fully saturated rings. The van der Waals surface area contributed by atoms with Crippen LogP contribution in [0.2, 0.25) is 0 Å². The number of piperidine rings is 1. The normalized spacial score (nSPS) is 17.0. The molecule has 2 aliphatic rings. The van der Waals surface area contributed by atoms with Gasteiger partial charge < -0.3 is 4.90 Å². The summed E-state index contributed by atoms with van der Waals surface area (Å²) in [6.07, 6.45) is 3.52. The molecule has 9 nitrogen and oxygen atoms in total. The van der Waals surface area contributed by atoms with Gasteiger partial charge in [0.1, 0.15) is 0 Å². The van der Waals surface area contributed by atoms with Crippen LogP contribution in [0.3, 0.4) is 0 Å². The van der Waals surface area contributed by atoms with Gasteiger partial charge in [0.25, 0.3) is 5.78 Å². The molecule has 11 heteroatoms. The zero-order chi connectivity index (χ0) is 23.2. The highest BCUT2D eigenvalue weighted by Gasteiger charge is 2.30. The molecule has 0 spiro atoms. The number of rotatable bonds is 5. The van der Waals surface area contributed by atoms with Crippen LogP contribution in [-0.4, -0.2) is 63.6 Å². The number of sulfonamides is 1. The summed E-state index contributed by atoms with van der Waals surface area (Å²) in [6, 6.07) is 7.06. The van der Waals surface area contributed by atoms with Crippen LogP contribution in [0.25, 0.3) is 5.78 Å². The van der Waals surface area contributed by atoms with Gasteiger partial charge in [-0.05, 0) is 62.9 Å². The fourth-order valence-corrected chi connectivity index (χ4v) is 6.73. The number of hydrogen-bond donors (Lipinski definition) is 0. The Morgan fingerprint density at radius 3 is 2.64 bits per heavy atom. The highest BCUT2D eigenvalue weighted by atomic mass is 32.2. The molecule has 174 valence electrons. The van der Waals surface area contributed by atoms with Crippen molar-refractivity contribution >= 4 is 39.2 Å². The maximum atomic E-state index is 13.0. The summed E-state index contributed by atoms with van der Waals surface area (Å²) in [5.74, 6) is 0.670. The number of carbonyl (C=O) groups is 1. The topological polar surface area (TPSA) is 101 Å². The number of anilines is 1. The van der Waals surface area contributed by atoms with Crippen LogP contribution in [0.5, 0.6) is 0 Å². The van der Waals surface area contributed by atoms with E-state index in [1.165, 1.54) is 11.8 Å². The number of fused-ring (bicyclic) bond motifs is 2. The first-order valence-corrected chi connectivity index (χ1v) is 13.5. The molecule has 2 aliphatic heterocycles. The van der Waals surface area contributed by atoms with Crippen molar-refractivity contribution in [2.24, 2.45) is 0 Å². The predicted molar refractivity (Wildman–Crippen MR) is 126 cm³/mol. The Morgan fingerprint density at radius 2 is 1.85 bits per heavy atom. The third-order valence-electron chi connectivity index (χ3n) is 6.12. The molecule has 4 heterocycles. The lowest BCUT2D eigenvalue weighted by Crippen LogP contribution is -2.35. The van der Waals surface area contributed by atoms with Gasteiger partial charge in [-0.15, -0.1) is 5.10 Å². The zero-order valence-corrected chi connectivity index (χ0v) is 20.3. The minimum Gasteiger partial charge on any atom is -0.311 e. The number of amides is 1. The van der Waals surface area contributed by atoms with Crippen LogP contribution in [0.15, 0.2) is 34.3 Å². The summed E-state index contributed by atoms with van der Waals surface area (Å²) in [5, 5.41) is 4.95. The molecule has 33 heavy (non-hydrogen) atoms. The van der Waals surface area contributed by atoms with Gasteiger partial charge in [-0.25, -0.2) is 17.9 Å². The predicted octanol–water partition coefficient (Wildman–Crippen LogP) is 2.60. The summed E-state index contributed by atoms with van der Waals surface area (Å²) < 4.78 is 29.3. The molecule has 0 aliphatic carbocycles. The average Bonchev–Trinajstić information content (AvgIpc) is 3.42. The Kier molecular flexibility index (Phi) is 5.87. The third kappa shape index (κ3) is 4.24. The molecule has 1 aromatic carbocycles. The second kappa shape index (κ2) is 8.69. The van der Waals surface area contributed by atoms with E-state index in [1.807, 2.05) is 19.9 Å². The third-order valence-corrected chi connectivity index (χ3v) is 8.84. The van der Waals surface area contributed by atoms with Crippen molar-refractivity contribution in [3.63, 3.8) is 0 Å². The fraction of sp³-hybridized carbons (Fsp3) is 0.455. The maximum Gasteiger partial charge on any atom is 0.253 e. The smallest absolute Gasteiger partial charge is 0.253 e. The second-order valence-electron chi connectivity index (χ2n) is 8.48. The first-order valence-electron chi connectivity index (χ1n) is 11.1. The molecule has 0 radical (unpaired) electrons. The zero-order valence-electron chi connectivity index (χ0n) is 18.7. The highest BCUT2D eigenvalue weighted by molar-refractivity contribution is 7.99. The lowest BCUT2D eigenvalue weighted by Gasteiger charge is -2.26. The van der Waals surface area contributed by atoms with Gasteiger partial charge in [0.2, 0.25) is 21.1 Å². The summed E-state index contributed by atoms with van der Waals surface area (Å²) in [5.41, 5.74) is 3.49. The quantitative estimate of drug-likeness (QED) is 0.511. The van der Waals surface area contributed by atoms with Gasteiger partial charge >= 0.3 is 0 Å². The number of aryl methyl sites for hydroxylation is 2. The number of nitrogens with zero attached hydrogens (tertiary/aromatic N) is 6. The summed E-state index contributed by atoms with van der Waals surface area (Å²) >= 11 is 1.28. The number of hydrogen-bond acceptors (Lipinski definition) is 7. The number of aromatic nitrogens is 4. The summed E-state index contributed by atoms with van der Waals surface area (Å²) in [7, 11) is -3.49. The van der Waals surface area contributed by atoms with E-state index in [9.17, 15) is 13.2 Å². The van der Waals surface area contributed by atoms with Crippen LogP contribution in [0.4, 0.5) is 5.69 Å². The van der Waals surface area contributed by atoms with Crippen molar-refractivity contribution in [3.05, 3.63) is 41.2 Å². The lowest BCUT2D eigenvalue weighted by molar-refractivity contribution is -0.116. The van der Waals surface area contributed by atoms with Crippen molar-refractivity contribution in [3.8, 4) is 0 Å². The monoisotopic (exact) mass is 486 g/mol. The van der Waals surface area contributed by atoms with E-state index in [-0.39, 0.29) is 11.7 Å². The van der Waals surface area contributed by atoms with E-state index < -0.39 is 10.0 Å². The minimum absolute atomic E-state index is 0.0508. The summed E-state index contributed by atoms with van der Waals surface area (Å²) in [6.45, 7) is 5.54. The van der Waals surface area contributed by atoms with Crippen LogP contribution >= 0.6 is 11.8 Å². The molecule has 0 bridgehead atoms. The maximum absolute atomic E-state index is 13.0. The molecule has 1 amide bonds. The number of thioether (sulfide) groups is 1. The number of carbonyl (C=O) groups excluding carboxylic acids is 1. The standard InChI is InChI=1S/C22H26N6O3S2/c1-15-12-16(2)28-21(23-15)24-22(25-28)32-14-20(29)27-11-8-17-13-18(6-7-19(17)27)33(30,31)26-9-4-3-5-10-26/h6-7,12-13H,3-5,8-11,14H2,1-2H3. The van der Waals surface area contributed by atoms with Crippen molar-refractivity contribution in [2.75, 3.05) is 30.3 Å². The SMILES string of the molecule is Cc1cc(C)n2nc(SCC(=O)N3CCc4cc(S(=O)(=O)N5CCCCC5)ccc43)nc2n1. The van der Waals surface area contributed by atoms with Crippen LogP contribution in [0.1, 0.15) is 36.2 Å². The van der Waals surface area contributed by atoms with Crippen molar-refractivity contribution in [2.45, 2.75) is 49.6 Å². The van der Waals surface area contributed by atoms with Crippen LogP contribution in [-0.2, 0) is 21.2 Å². The van der Waals surface area contributed by atoms with Crippen molar-refractivity contribution < 1.29 is 13.2 Å². The Hall–Kier alpha value is -2.50. The molecule has 0 unspecified atom stereocenters. The van der Waals surface area contributed by atoms with E-state index in [1.54, 1.807) is 31.9 Å². The molecule has 0 N–H and O–H groups in total. The molecule has 5 rings (SSSR count). The molecular weight excluding hydrogens is 460 g/mol. The Morgan fingerprint density at radius 1 is 1.06 bits per heavy atom. The van der Waals surface area contributed by atoms with Gasteiger partial charge in [-0.3, -0.25) is 4.79 Å². The molecule has 3 aromatic rings. The number of benzene rings is 1. The lowest BCUT2D eigenvalue weighted by atomic mass is 10.2. The Balaban J connectivity index is 1.29. The minimum atomic E-state index is -3.49. The molecule has 2 aromatic heterocycles. The molecule has 0 atom stereocenters. The van der Waals surface area contributed by atoms with Crippen LogP contribution < -0.4 is 4.90 Å². The Bertz CT molecular complexity index is 1330. The highest BCUT2D eigenvalue weighted by Crippen LogP contribution is 2.32. The van der Waals surface area contributed by atoms with E-state index in [0.29, 0.717) is 41.9 Å². The van der Waals surface area contributed by atoms with E-state index in [2.05, 4.69) is 15.1 Å². The van der Waals surface area contributed by atoms with E-state index in [4.69, 9.17) is 0 Å².